The number of pyridine rings is 1. The van der Waals surface area contributed by atoms with Crippen LogP contribution in [-0.2, 0) is 11.3 Å². The monoisotopic (exact) mass is 262 g/mol. The lowest BCUT2D eigenvalue weighted by Gasteiger charge is -2.08. The van der Waals surface area contributed by atoms with E-state index < -0.39 is 12.8 Å². The molecule has 0 bridgehead atoms. The van der Waals surface area contributed by atoms with E-state index in [-0.39, 0.29) is 6.61 Å². The summed E-state index contributed by atoms with van der Waals surface area (Å²) in [5.41, 5.74) is 2.05. The van der Waals surface area contributed by atoms with Crippen LogP contribution in [0.2, 0.25) is 0 Å². The minimum absolute atomic E-state index is 0.105. The van der Waals surface area contributed by atoms with E-state index in [9.17, 15) is 13.2 Å². The quantitative estimate of drug-likeness (QED) is 0.766. The molecule has 1 rings (SSSR count). The van der Waals surface area contributed by atoms with Gasteiger partial charge in [-0.05, 0) is 31.5 Å². The molecular weight excluding hydrogens is 245 g/mol. The summed E-state index contributed by atoms with van der Waals surface area (Å²) in [6.07, 6.45) is -1.98. The van der Waals surface area contributed by atoms with Crippen molar-refractivity contribution in [2.75, 3.05) is 19.8 Å². The van der Waals surface area contributed by atoms with Crippen molar-refractivity contribution in [1.29, 1.82) is 0 Å². The minimum atomic E-state index is -4.24. The molecule has 0 amide bonds. The lowest BCUT2D eigenvalue weighted by molar-refractivity contribution is -0.173. The Hall–Kier alpha value is -1.14. The number of aromatic nitrogens is 1. The highest BCUT2D eigenvalue weighted by Gasteiger charge is 2.27. The maximum absolute atomic E-state index is 11.7. The second kappa shape index (κ2) is 7.33. The molecule has 102 valence electrons. The van der Waals surface area contributed by atoms with Gasteiger partial charge in [-0.15, -0.1) is 0 Å². The number of nitrogens with zero attached hydrogens (tertiary/aromatic N) is 1. The molecule has 0 radical (unpaired) electrons. The third kappa shape index (κ3) is 6.56. The molecule has 0 aliphatic heterocycles. The van der Waals surface area contributed by atoms with Gasteiger partial charge < -0.3 is 10.1 Å². The number of alkyl halides is 3. The summed E-state index contributed by atoms with van der Waals surface area (Å²) in [6.45, 7) is 2.12. The Balaban J connectivity index is 2.04. The van der Waals surface area contributed by atoms with Crippen LogP contribution in [0.5, 0.6) is 0 Å². The third-order valence-electron chi connectivity index (χ3n) is 2.32. The molecule has 0 atom stereocenters. The van der Waals surface area contributed by atoms with Crippen molar-refractivity contribution in [3.8, 4) is 0 Å². The van der Waals surface area contributed by atoms with E-state index in [0.29, 0.717) is 19.5 Å². The molecule has 0 saturated heterocycles. The average molecular weight is 262 g/mol. The van der Waals surface area contributed by atoms with Gasteiger partial charge in [-0.3, -0.25) is 4.98 Å². The lowest BCUT2D eigenvalue weighted by atomic mass is 10.2. The molecule has 0 aliphatic rings. The molecule has 0 aliphatic carbocycles. The molecule has 0 saturated carbocycles. The lowest BCUT2D eigenvalue weighted by Crippen LogP contribution is -2.20. The van der Waals surface area contributed by atoms with Crippen LogP contribution in [0, 0.1) is 6.92 Å². The van der Waals surface area contributed by atoms with Crippen LogP contribution in [0.4, 0.5) is 13.2 Å². The Bertz CT molecular complexity index is 355. The van der Waals surface area contributed by atoms with E-state index in [4.69, 9.17) is 0 Å². The number of rotatable bonds is 7. The Morgan fingerprint density at radius 2 is 2.17 bits per heavy atom. The van der Waals surface area contributed by atoms with Crippen LogP contribution in [0.1, 0.15) is 17.7 Å². The number of halogens is 3. The second-order valence-electron chi connectivity index (χ2n) is 3.97. The number of ether oxygens (including phenoxy) is 1. The van der Waals surface area contributed by atoms with E-state index in [1.165, 1.54) is 0 Å². The largest absolute Gasteiger partial charge is 0.411 e. The second-order valence-corrected chi connectivity index (χ2v) is 3.97. The molecule has 1 aromatic rings. The van der Waals surface area contributed by atoms with Crippen LogP contribution in [0.25, 0.3) is 0 Å². The van der Waals surface area contributed by atoms with Gasteiger partial charge in [-0.1, -0.05) is 6.07 Å². The van der Waals surface area contributed by atoms with Crippen molar-refractivity contribution in [1.82, 2.24) is 10.3 Å². The molecule has 0 fully saturated rings. The first kappa shape index (κ1) is 14.9. The van der Waals surface area contributed by atoms with E-state index in [2.05, 4.69) is 15.0 Å². The molecule has 3 nitrogen and oxygen atoms in total. The summed E-state index contributed by atoms with van der Waals surface area (Å²) >= 11 is 0. The van der Waals surface area contributed by atoms with Crippen LogP contribution in [-0.4, -0.2) is 30.9 Å². The Morgan fingerprint density at radius 1 is 1.39 bits per heavy atom. The van der Waals surface area contributed by atoms with Gasteiger partial charge in [0.25, 0.3) is 0 Å². The summed E-state index contributed by atoms with van der Waals surface area (Å²) in [5.74, 6) is 0. The number of aryl methyl sites for hydroxylation is 1. The van der Waals surface area contributed by atoms with Crippen molar-refractivity contribution in [3.05, 3.63) is 29.6 Å². The predicted octanol–water partition coefficient (Wildman–Crippen LogP) is 2.45. The van der Waals surface area contributed by atoms with E-state index >= 15 is 0 Å². The molecule has 1 heterocycles. The predicted molar refractivity (Wildman–Crippen MR) is 62.2 cm³/mol. The fourth-order valence-corrected chi connectivity index (χ4v) is 1.40. The van der Waals surface area contributed by atoms with Gasteiger partial charge in [0.15, 0.2) is 0 Å². The van der Waals surface area contributed by atoms with Crippen LogP contribution in [0.15, 0.2) is 18.3 Å². The highest BCUT2D eigenvalue weighted by molar-refractivity contribution is 5.17. The summed E-state index contributed by atoms with van der Waals surface area (Å²) in [6, 6.07) is 3.83. The van der Waals surface area contributed by atoms with Gasteiger partial charge >= 0.3 is 6.18 Å². The first-order valence-electron chi connectivity index (χ1n) is 5.75. The maximum Gasteiger partial charge on any atom is 0.411 e. The molecule has 0 aromatic carbocycles. The number of hydrogen-bond acceptors (Lipinski definition) is 3. The zero-order valence-corrected chi connectivity index (χ0v) is 10.3. The number of hydrogen-bond donors (Lipinski definition) is 1. The molecule has 18 heavy (non-hydrogen) atoms. The standard InChI is InChI=1S/C12H17F3N2O/c1-10-4-2-6-17-11(10)8-16-5-3-7-18-9-12(13,14)15/h2,4,6,16H,3,5,7-9H2,1H3. The van der Waals surface area contributed by atoms with Crippen molar-refractivity contribution in [3.63, 3.8) is 0 Å². The van der Waals surface area contributed by atoms with Gasteiger partial charge in [-0.25, -0.2) is 0 Å². The van der Waals surface area contributed by atoms with Crippen molar-refractivity contribution in [2.45, 2.75) is 26.1 Å². The summed E-state index contributed by atoms with van der Waals surface area (Å²) in [5, 5.41) is 3.12. The maximum atomic E-state index is 11.7. The Kier molecular flexibility index (Phi) is 6.07. The Morgan fingerprint density at radius 3 is 2.83 bits per heavy atom. The van der Waals surface area contributed by atoms with Crippen molar-refractivity contribution < 1.29 is 17.9 Å². The summed E-state index contributed by atoms with van der Waals surface area (Å²) in [4.78, 5) is 4.20. The summed E-state index contributed by atoms with van der Waals surface area (Å²) in [7, 11) is 0. The van der Waals surface area contributed by atoms with Gasteiger partial charge in [0.2, 0.25) is 0 Å². The third-order valence-corrected chi connectivity index (χ3v) is 2.32. The van der Waals surface area contributed by atoms with Gasteiger partial charge in [0.1, 0.15) is 6.61 Å². The molecular formula is C12H17F3N2O. The van der Waals surface area contributed by atoms with E-state index in [0.717, 1.165) is 11.3 Å². The SMILES string of the molecule is Cc1cccnc1CNCCCOCC(F)(F)F. The van der Waals surface area contributed by atoms with Gasteiger partial charge in [0.05, 0.1) is 5.69 Å². The molecule has 1 aromatic heterocycles. The first-order chi connectivity index (χ1) is 8.49. The molecule has 0 unspecified atom stereocenters. The van der Waals surface area contributed by atoms with Crippen LogP contribution in [0.3, 0.4) is 0 Å². The summed E-state index contributed by atoms with van der Waals surface area (Å²) < 4.78 is 39.7. The van der Waals surface area contributed by atoms with Crippen molar-refractivity contribution >= 4 is 0 Å². The van der Waals surface area contributed by atoms with Crippen LogP contribution >= 0.6 is 0 Å². The van der Waals surface area contributed by atoms with E-state index in [1.54, 1.807) is 6.20 Å². The molecule has 1 N–H and O–H groups in total. The number of nitrogens with one attached hydrogen (secondary N) is 1. The van der Waals surface area contributed by atoms with Gasteiger partial charge in [0, 0.05) is 19.3 Å². The fraction of sp³-hybridized carbons (Fsp3) is 0.583. The zero-order valence-electron chi connectivity index (χ0n) is 10.3. The highest BCUT2D eigenvalue weighted by Crippen LogP contribution is 2.14. The van der Waals surface area contributed by atoms with Crippen LogP contribution < -0.4 is 5.32 Å². The normalized spacial score (nSPS) is 11.8. The van der Waals surface area contributed by atoms with E-state index in [1.807, 2.05) is 19.1 Å². The Labute approximate surface area is 104 Å². The fourth-order valence-electron chi connectivity index (χ4n) is 1.40. The highest BCUT2D eigenvalue weighted by atomic mass is 19.4. The van der Waals surface area contributed by atoms with Crippen molar-refractivity contribution in [2.24, 2.45) is 0 Å². The average Bonchev–Trinajstić information content (AvgIpc) is 2.28. The van der Waals surface area contributed by atoms with Gasteiger partial charge in [-0.2, -0.15) is 13.2 Å². The molecule has 0 spiro atoms. The minimum Gasteiger partial charge on any atom is -0.372 e. The topological polar surface area (TPSA) is 34.2 Å². The molecule has 6 heteroatoms. The smallest absolute Gasteiger partial charge is 0.372 e. The zero-order chi connectivity index (χ0) is 13.4. The first-order valence-corrected chi connectivity index (χ1v) is 5.75.